The van der Waals surface area contributed by atoms with E-state index >= 15 is 0 Å². The molecule has 5 amide bonds. The van der Waals surface area contributed by atoms with Crippen molar-refractivity contribution in [2.75, 3.05) is 79.2 Å². The van der Waals surface area contributed by atoms with Crippen LogP contribution in [0.25, 0.3) is 0 Å². The topological polar surface area (TPSA) is 441 Å². The summed E-state index contributed by atoms with van der Waals surface area (Å²) in [5.74, 6) is 2.54. The number of ether oxygens (including phenoxy) is 11. The van der Waals surface area contributed by atoms with Crippen LogP contribution < -0.4 is 46.7 Å². The van der Waals surface area contributed by atoms with E-state index in [0.29, 0.717) is 83.7 Å². The summed E-state index contributed by atoms with van der Waals surface area (Å²) in [5.41, 5.74) is 1.64. The number of ketones is 1. The largest absolute Gasteiger partial charge is 0.522 e. The first-order valence-electron chi connectivity index (χ1n) is 35.9. The molecular weight excluding hydrogens is 1680 g/mol. The lowest BCUT2D eigenvalue weighted by Gasteiger charge is -2.28. The lowest BCUT2D eigenvalue weighted by molar-refractivity contribution is -0.325. The summed E-state index contributed by atoms with van der Waals surface area (Å²) in [7, 11) is 0. The van der Waals surface area contributed by atoms with Gasteiger partial charge in [0.25, 0.3) is 23.6 Å². The lowest BCUT2D eigenvalue weighted by Crippen LogP contribution is -2.49. The third kappa shape index (κ3) is 55.9. The van der Waals surface area contributed by atoms with Crippen LogP contribution in [-0.4, -0.2) is 219 Å². The van der Waals surface area contributed by atoms with Crippen molar-refractivity contribution in [3.8, 4) is 17.2 Å². The predicted molar refractivity (Wildman–Crippen MR) is 389 cm³/mol. The third-order valence-electron chi connectivity index (χ3n) is 14.6. The van der Waals surface area contributed by atoms with E-state index in [1.54, 1.807) is 72.8 Å². The number of carbonyl (C=O) groups excluding carboxylic acids is 7. The minimum Gasteiger partial charge on any atom is -0.484 e. The molecule has 32 nitrogen and oxygen atoms in total. The average molecular weight is 1780 g/mol. The van der Waals surface area contributed by atoms with E-state index < -0.39 is 99.4 Å². The monoisotopic (exact) mass is 1770 g/mol. The second-order valence-electron chi connectivity index (χ2n) is 25.8. The van der Waals surface area contributed by atoms with E-state index in [2.05, 4.69) is 55.8 Å². The van der Waals surface area contributed by atoms with E-state index in [9.17, 15) is 95.8 Å². The number of nitrogens with two attached hydrogens (primary N) is 1. The van der Waals surface area contributed by atoms with Gasteiger partial charge in [-0.3, -0.25) is 67.5 Å². The number of amides is 5. The first-order chi connectivity index (χ1) is 55.3. The number of nitrogens with one attached hydrogen (secondary N) is 5. The number of aliphatic hydroxyl groups is 1. The normalized spacial score (nSPS) is 17.2. The van der Waals surface area contributed by atoms with E-state index in [1.165, 1.54) is 0 Å². The fourth-order valence-electron chi connectivity index (χ4n) is 9.34. The van der Waals surface area contributed by atoms with Crippen LogP contribution in [0.2, 0.25) is 15.1 Å². The number of hydrogen-bond acceptors (Lipinski definition) is 25. The van der Waals surface area contributed by atoms with Crippen molar-refractivity contribution in [1.29, 1.82) is 0 Å². The van der Waals surface area contributed by atoms with Crippen LogP contribution in [0.15, 0.2) is 77.2 Å². The Morgan fingerprint density at radius 1 is 0.483 bits per heavy atom. The second-order valence-corrected chi connectivity index (χ2v) is 27.1. The third-order valence-corrected chi connectivity index (χ3v) is 15.4. The van der Waals surface area contributed by atoms with Crippen LogP contribution in [0.4, 0.5) is 52.7 Å². The Kier molecular flexibility index (Phi) is 50.0. The molecule has 3 aromatic carbocycles. The molecule has 0 saturated carbocycles. The number of aromatic nitrogens is 2. The van der Waals surface area contributed by atoms with Crippen molar-refractivity contribution in [3.05, 3.63) is 99.6 Å². The van der Waals surface area contributed by atoms with Gasteiger partial charge < -0.3 is 74.2 Å². The number of rotatable bonds is 36. The molecule has 4 heterocycles. The quantitative estimate of drug-likeness (QED) is 0.00510. The van der Waals surface area contributed by atoms with Crippen LogP contribution >= 0.6 is 34.8 Å². The molecule has 4 aromatic rings. The molecule has 0 aliphatic carbocycles. The van der Waals surface area contributed by atoms with Gasteiger partial charge in [0.2, 0.25) is 17.7 Å². The molecule has 7 rings (SSSR count). The highest BCUT2D eigenvalue weighted by molar-refractivity contribution is 6.31. The van der Waals surface area contributed by atoms with E-state index in [1.807, 2.05) is 20.8 Å². The number of Topliss-reactive ketones (excluding diaryl/α,β-unsaturated/α-hetero) is 1. The molecule has 10 N–H and O–H groups in total. The first kappa shape index (κ1) is 105. The molecule has 1 aromatic heterocycles. The van der Waals surface area contributed by atoms with Gasteiger partial charge in [-0.15, -0.1) is 62.9 Å². The van der Waals surface area contributed by atoms with Crippen LogP contribution in [0.3, 0.4) is 0 Å². The number of carboxylic acid groups (broad SMARTS) is 2. The average Bonchev–Trinajstić information content (AvgIpc) is 1.68. The summed E-state index contributed by atoms with van der Waals surface area (Å²) in [5, 5.41) is 44.7. The molecule has 3 fully saturated rings. The first-order valence-corrected chi connectivity index (χ1v) is 37.0. The Morgan fingerprint density at radius 2 is 0.847 bits per heavy atom. The van der Waals surface area contributed by atoms with E-state index in [-0.39, 0.29) is 164 Å². The summed E-state index contributed by atoms with van der Waals surface area (Å²) in [6, 6.07) is 19.4. The summed E-state index contributed by atoms with van der Waals surface area (Å²) in [4.78, 5) is 101. The van der Waals surface area contributed by atoms with Crippen molar-refractivity contribution in [2.24, 2.45) is 5.84 Å². The minimum atomic E-state index is -4.73. The summed E-state index contributed by atoms with van der Waals surface area (Å²) in [6.45, 7) is 3.15. The van der Waals surface area contributed by atoms with Crippen LogP contribution in [0.1, 0.15) is 135 Å². The Labute approximate surface area is 682 Å². The van der Waals surface area contributed by atoms with Crippen molar-refractivity contribution in [2.45, 2.75) is 191 Å². The number of aryl methyl sites for hydroxylation is 1. The number of alkyl halides is 12. The maximum absolute atomic E-state index is 12.1. The predicted octanol–water partition coefficient (Wildman–Crippen LogP) is 10.2. The second kappa shape index (κ2) is 55.9. The van der Waals surface area contributed by atoms with E-state index in [4.69, 9.17) is 93.5 Å². The number of hydrogen-bond donors (Lipinski definition) is 9. The molecule has 3 saturated heterocycles. The number of nitrogens with zero attached hydrogens (tertiary/aromatic N) is 2. The molecule has 6 atom stereocenters. The molecule has 118 heavy (non-hydrogen) atoms. The maximum Gasteiger partial charge on any atom is 0.522 e. The van der Waals surface area contributed by atoms with Crippen molar-refractivity contribution >= 4 is 88.0 Å². The van der Waals surface area contributed by atoms with Gasteiger partial charge in [0.15, 0.2) is 25.6 Å². The highest BCUT2D eigenvalue weighted by Gasteiger charge is 2.34. The highest BCUT2D eigenvalue weighted by atomic mass is 35.5. The SMILES string of the molecule is CC(C)(C)OC(=O)CCCO.NNC(=O)[C@@H]1CC[C@@H](NC(=O)COc2ccc(Cl)cc2)CO1.O=C(CCCOC(F)(F)F)CNC(=O)[C@@H]1CC[C@@H](NC(=O)COc2ccc(Cl)cc2)CO1.O=C(COc1ccc(Cl)cc1)N[C@@H]1CC[C@@H](c2nnc(CCCOC(F)(F)F)o2)OC1.O=C(O)CCCOC(F)(F)F.O=C(O)CCCOC(F)(F)F. The zero-order valence-corrected chi connectivity index (χ0v) is 66.0. The number of carbonyl (C=O) groups is 9. The summed E-state index contributed by atoms with van der Waals surface area (Å²) < 4.78 is 196. The summed E-state index contributed by atoms with van der Waals surface area (Å²) >= 11 is 17.3. The van der Waals surface area contributed by atoms with E-state index in [0.717, 1.165) is 0 Å². The molecule has 0 spiro atoms. The molecule has 3 aliphatic rings. The highest BCUT2D eigenvalue weighted by Crippen LogP contribution is 2.29. The number of aliphatic carboxylic acids is 2. The zero-order valence-electron chi connectivity index (χ0n) is 63.7. The van der Waals surface area contributed by atoms with Crippen molar-refractivity contribution in [3.63, 3.8) is 0 Å². The smallest absolute Gasteiger partial charge is 0.484 e. The van der Waals surface area contributed by atoms with Gasteiger partial charge in [-0.25, -0.2) is 5.84 Å². The Hall–Kier alpha value is -8.70. The van der Waals surface area contributed by atoms with Gasteiger partial charge >= 0.3 is 43.4 Å². The summed E-state index contributed by atoms with van der Waals surface area (Å²) in [6.07, 6.45) is -17.4. The van der Waals surface area contributed by atoms with Gasteiger partial charge in [0.05, 0.1) is 70.9 Å². The number of carboxylic acids is 2. The zero-order chi connectivity index (χ0) is 88.5. The molecule has 0 unspecified atom stereocenters. The molecule has 3 aliphatic heterocycles. The van der Waals surface area contributed by atoms with Gasteiger partial charge in [-0.2, -0.15) is 0 Å². The number of hydrazine groups is 1. The van der Waals surface area contributed by atoms with Crippen molar-refractivity contribution < 1.29 is 168 Å². The van der Waals surface area contributed by atoms with Crippen molar-refractivity contribution in [1.82, 2.24) is 36.9 Å². The Morgan fingerprint density at radius 3 is 1.18 bits per heavy atom. The molecule has 666 valence electrons. The van der Waals surface area contributed by atoms with Crippen LogP contribution in [-0.2, 0) is 87.5 Å². The maximum atomic E-state index is 12.1. The standard InChI is InChI=1S/C20H24ClF3N2O6.C19H21ClF3N3O5.C14H18ClN3O4.C8H16O3.2C5H7F3O3/c21-13-3-6-16(7-4-13)30-12-18(28)26-14-5-8-17(31-11-14)19(29)25-10-15(27)2-1-9-32-20(22,23)24;20-12-3-6-14(7-4-12)28-11-16(27)24-13-5-8-15(29-10-13)18-26-25-17(31-18)2-1-9-30-19(21,22)23;15-9-1-4-11(5-2-9)21-8-13(19)17-10-3-6-12(22-7-10)14(20)18-16;1-8(2,3)11-7(10)5-4-6-9;2*6-5(7,8)11-3-1-2-4(9)10/h3-4,6-7,14,17H,1-2,5,8-12H2,(H,25,29)(H,26,28);3-4,6-7,13,15H,1-2,5,8-11H2,(H,24,27);1-2,4-5,10,12H,3,6-8,16H2,(H,17,19)(H,18,20);9H,4-6H2,1-3H3;2*1-3H2,(H,9,10)/t14-,17+;13-,15+;10-,12+;;;/m111.../s1. The fourth-order valence-corrected chi connectivity index (χ4v) is 9.72. The molecule has 47 heteroatoms. The Balaban J connectivity index is 0.000000509. The number of benzene rings is 3. The van der Waals surface area contributed by atoms with Crippen LogP contribution in [0.5, 0.6) is 17.2 Å². The minimum absolute atomic E-state index is 0.0409. The number of esters is 1. The van der Waals surface area contributed by atoms with Gasteiger partial charge in [-0.1, -0.05) is 34.8 Å². The fraction of sp³-hybridized carbons (Fsp3) is 0.592. The molecule has 0 radical (unpaired) electrons. The number of halogens is 15. The molecular formula is C71H93Cl3F12N8O24. The van der Waals surface area contributed by atoms with Gasteiger partial charge in [-0.05, 0) is 164 Å². The number of aliphatic hydroxyl groups excluding tert-OH is 1. The van der Waals surface area contributed by atoms with Gasteiger partial charge in [0, 0.05) is 53.8 Å². The lowest BCUT2D eigenvalue weighted by atomic mass is 10.0. The van der Waals surface area contributed by atoms with Crippen LogP contribution in [0, 0.1) is 0 Å². The van der Waals surface area contributed by atoms with Gasteiger partial charge in [0.1, 0.15) is 41.2 Å². The molecule has 0 bridgehead atoms. The Bertz CT molecular complexity index is 3560.